The van der Waals surface area contributed by atoms with Crippen LogP contribution in [-0.2, 0) is 24.3 Å². The molecule has 1 amide bonds. The summed E-state index contributed by atoms with van der Waals surface area (Å²) in [4.78, 5) is 24.1. The van der Waals surface area contributed by atoms with E-state index in [9.17, 15) is 4.79 Å². The molecule has 2 aliphatic heterocycles. The van der Waals surface area contributed by atoms with E-state index in [1.807, 2.05) is 35.0 Å². The van der Waals surface area contributed by atoms with Crippen molar-refractivity contribution in [3.63, 3.8) is 0 Å². The van der Waals surface area contributed by atoms with Crippen LogP contribution in [-0.4, -0.2) is 50.2 Å². The number of nitrogens with one attached hydrogen (secondary N) is 1. The van der Waals surface area contributed by atoms with E-state index in [0.717, 1.165) is 51.3 Å². The highest BCUT2D eigenvalue weighted by Gasteiger charge is 2.28. The van der Waals surface area contributed by atoms with Crippen molar-refractivity contribution < 1.29 is 4.79 Å². The third-order valence-corrected chi connectivity index (χ3v) is 5.44. The number of hydrogen-bond acceptors (Lipinski definition) is 5. The molecule has 1 fully saturated rings. The quantitative estimate of drug-likeness (QED) is 0.897. The average Bonchev–Trinajstić information content (AvgIpc) is 3.20. The second kappa shape index (κ2) is 7.53. The Bertz CT molecular complexity index is 751. The summed E-state index contributed by atoms with van der Waals surface area (Å²) in [7, 11) is 0. The number of amides is 1. The van der Waals surface area contributed by atoms with Crippen molar-refractivity contribution in [1.29, 1.82) is 0 Å². The van der Waals surface area contributed by atoms with Gasteiger partial charge in [-0.05, 0) is 18.9 Å². The number of nitrogens with zero attached hydrogens (tertiary/aromatic N) is 5. The zero-order valence-electron chi connectivity index (χ0n) is 15.3. The molecule has 0 radical (unpaired) electrons. The van der Waals surface area contributed by atoms with Gasteiger partial charge in [-0.25, -0.2) is 9.97 Å². The molecule has 2 aromatic heterocycles. The maximum Gasteiger partial charge on any atom is 0.227 e. The smallest absolute Gasteiger partial charge is 0.227 e. The molecule has 7 nitrogen and oxygen atoms in total. The van der Waals surface area contributed by atoms with Gasteiger partial charge in [-0.1, -0.05) is 6.92 Å². The molecule has 0 spiro atoms. The van der Waals surface area contributed by atoms with Gasteiger partial charge in [-0.15, -0.1) is 0 Å². The molecule has 26 heavy (non-hydrogen) atoms. The highest BCUT2D eigenvalue weighted by atomic mass is 16.2. The van der Waals surface area contributed by atoms with Crippen LogP contribution in [0.5, 0.6) is 0 Å². The Kier molecular flexibility index (Phi) is 4.97. The predicted molar refractivity (Wildman–Crippen MR) is 97.4 cm³/mol. The van der Waals surface area contributed by atoms with Gasteiger partial charge in [0.1, 0.15) is 5.82 Å². The van der Waals surface area contributed by atoms with Gasteiger partial charge in [0.15, 0.2) is 0 Å². The highest BCUT2D eigenvalue weighted by Crippen LogP contribution is 2.27. The molecule has 0 unspecified atom stereocenters. The van der Waals surface area contributed by atoms with Crippen LogP contribution in [0.4, 0.5) is 0 Å². The van der Waals surface area contributed by atoms with E-state index in [4.69, 9.17) is 4.98 Å². The number of rotatable bonds is 4. The van der Waals surface area contributed by atoms with Crippen molar-refractivity contribution >= 4 is 5.91 Å². The molecule has 4 rings (SSSR count). The fourth-order valence-electron chi connectivity index (χ4n) is 3.89. The second-order valence-electron chi connectivity index (χ2n) is 7.36. The van der Waals surface area contributed by atoms with Gasteiger partial charge in [0.2, 0.25) is 5.91 Å². The molecule has 0 aromatic carbocycles. The lowest BCUT2D eigenvalue weighted by Gasteiger charge is -2.33. The molecule has 2 aliphatic rings. The standard InChI is InChI=1S/C19H26N6O/c1-14(13-25-8-2-6-22-25)19(26)24-9-4-15(5-10-24)18-21-12-16-11-20-7-3-17(16)23-18/h2,6,8,12,14-15,20H,3-5,7,9-11,13H2,1H3/t14-/m1/s1. The topological polar surface area (TPSA) is 75.9 Å². The molecule has 1 atom stereocenters. The van der Waals surface area contributed by atoms with Crippen molar-refractivity contribution in [2.24, 2.45) is 5.92 Å². The first-order chi connectivity index (χ1) is 12.7. The summed E-state index contributed by atoms with van der Waals surface area (Å²) in [5, 5.41) is 7.55. The number of aromatic nitrogens is 4. The summed E-state index contributed by atoms with van der Waals surface area (Å²) >= 11 is 0. The van der Waals surface area contributed by atoms with Crippen molar-refractivity contribution in [1.82, 2.24) is 30.0 Å². The van der Waals surface area contributed by atoms with Gasteiger partial charge in [-0.2, -0.15) is 5.10 Å². The van der Waals surface area contributed by atoms with Gasteiger partial charge in [0.25, 0.3) is 0 Å². The van der Waals surface area contributed by atoms with Gasteiger partial charge < -0.3 is 10.2 Å². The Labute approximate surface area is 153 Å². The Morgan fingerprint density at radius 2 is 2.23 bits per heavy atom. The molecular weight excluding hydrogens is 328 g/mol. The highest BCUT2D eigenvalue weighted by molar-refractivity contribution is 5.78. The molecule has 0 aliphatic carbocycles. The van der Waals surface area contributed by atoms with Gasteiger partial charge in [-0.3, -0.25) is 9.48 Å². The van der Waals surface area contributed by atoms with Crippen LogP contribution < -0.4 is 5.32 Å². The molecule has 1 N–H and O–H groups in total. The first kappa shape index (κ1) is 17.1. The fraction of sp³-hybridized carbons (Fsp3) is 0.579. The minimum Gasteiger partial charge on any atom is -0.342 e. The number of piperidine rings is 1. The summed E-state index contributed by atoms with van der Waals surface area (Å²) in [6, 6.07) is 1.89. The SMILES string of the molecule is C[C@H](Cn1cccn1)C(=O)N1CCC(c2ncc3c(n2)CCNC3)CC1. The summed E-state index contributed by atoms with van der Waals surface area (Å²) in [6.45, 7) is 6.05. The van der Waals surface area contributed by atoms with E-state index in [2.05, 4.69) is 15.4 Å². The Hall–Kier alpha value is -2.28. The van der Waals surface area contributed by atoms with E-state index < -0.39 is 0 Å². The molecule has 0 saturated carbocycles. The minimum atomic E-state index is -0.0565. The van der Waals surface area contributed by atoms with Gasteiger partial charge in [0.05, 0.1) is 12.5 Å². The van der Waals surface area contributed by atoms with Gasteiger partial charge in [0, 0.05) is 68.4 Å². The normalized spacial score (nSPS) is 19.2. The third kappa shape index (κ3) is 3.62. The van der Waals surface area contributed by atoms with Crippen molar-refractivity contribution in [3.8, 4) is 0 Å². The third-order valence-electron chi connectivity index (χ3n) is 5.44. The van der Waals surface area contributed by atoms with Crippen LogP contribution in [0.25, 0.3) is 0 Å². The average molecular weight is 354 g/mol. The predicted octanol–water partition coefficient (Wildman–Crippen LogP) is 1.36. The molecular formula is C19H26N6O. The Morgan fingerprint density at radius 1 is 1.38 bits per heavy atom. The molecule has 7 heteroatoms. The van der Waals surface area contributed by atoms with E-state index in [-0.39, 0.29) is 11.8 Å². The molecule has 0 bridgehead atoms. The first-order valence-corrected chi connectivity index (χ1v) is 9.52. The van der Waals surface area contributed by atoms with E-state index >= 15 is 0 Å². The minimum absolute atomic E-state index is 0.0565. The summed E-state index contributed by atoms with van der Waals surface area (Å²) in [6.07, 6.45) is 8.49. The maximum absolute atomic E-state index is 12.7. The number of likely N-dealkylation sites (tertiary alicyclic amines) is 1. The molecule has 138 valence electrons. The number of carbonyl (C=O) groups is 1. The number of carbonyl (C=O) groups excluding carboxylic acids is 1. The van der Waals surface area contributed by atoms with Crippen LogP contribution in [0.15, 0.2) is 24.7 Å². The zero-order valence-corrected chi connectivity index (χ0v) is 15.3. The van der Waals surface area contributed by atoms with E-state index in [0.29, 0.717) is 12.5 Å². The summed E-state index contributed by atoms with van der Waals surface area (Å²) in [5.41, 5.74) is 2.42. The Balaban J connectivity index is 1.34. The Morgan fingerprint density at radius 3 is 3.00 bits per heavy atom. The lowest BCUT2D eigenvalue weighted by atomic mass is 9.94. The second-order valence-corrected chi connectivity index (χ2v) is 7.36. The van der Waals surface area contributed by atoms with E-state index in [1.54, 1.807) is 6.20 Å². The van der Waals surface area contributed by atoms with Crippen LogP contribution in [0.1, 0.15) is 42.8 Å². The molecule has 2 aromatic rings. The zero-order chi connectivity index (χ0) is 17.9. The number of hydrogen-bond donors (Lipinski definition) is 1. The van der Waals surface area contributed by atoms with Crippen LogP contribution in [0.2, 0.25) is 0 Å². The molecule has 1 saturated heterocycles. The van der Waals surface area contributed by atoms with Crippen LogP contribution in [0.3, 0.4) is 0 Å². The van der Waals surface area contributed by atoms with Crippen molar-refractivity contribution in [3.05, 3.63) is 41.7 Å². The summed E-state index contributed by atoms with van der Waals surface area (Å²) in [5.74, 6) is 1.48. The van der Waals surface area contributed by atoms with Crippen LogP contribution >= 0.6 is 0 Å². The van der Waals surface area contributed by atoms with E-state index in [1.165, 1.54) is 11.3 Å². The number of fused-ring (bicyclic) bond motifs is 1. The fourth-order valence-corrected chi connectivity index (χ4v) is 3.89. The monoisotopic (exact) mass is 354 g/mol. The van der Waals surface area contributed by atoms with Gasteiger partial charge >= 0.3 is 0 Å². The maximum atomic E-state index is 12.7. The van der Waals surface area contributed by atoms with Crippen molar-refractivity contribution in [2.75, 3.05) is 19.6 Å². The lowest BCUT2D eigenvalue weighted by Crippen LogP contribution is -2.42. The first-order valence-electron chi connectivity index (χ1n) is 9.52. The summed E-state index contributed by atoms with van der Waals surface area (Å²) < 4.78 is 1.82. The van der Waals surface area contributed by atoms with Crippen molar-refractivity contribution in [2.45, 2.75) is 45.2 Å². The largest absolute Gasteiger partial charge is 0.342 e. The van der Waals surface area contributed by atoms with Crippen LogP contribution in [0, 0.1) is 5.92 Å². The molecule has 4 heterocycles. The lowest BCUT2D eigenvalue weighted by molar-refractivity contribution is -0.136.